The predicted octanol–water partition coefficient (Wildman–Crippen LogP) is 1.09. The predicted molar refractivity (Wildman–Crippen MR) is 68.9 cm³/mol. The normalized spacial score (nSPS) is 16.6. The monoisotopic (exact) mass is 306 g/mol. The number of hydrogen-bond acceptors (Lipinski definition) is 4. The van der Waals surface area contributed by atoms with Crippen molar-refractivity contribution in [2.24, 2.45) is 5.14 Å². The number of nitrogens with zero attached hydrogens (tertiary/aromatic N) is 1. The van der Waals surface area contributed by atoms with Crippen LogP contribution in [0.25, 0.3) is 0 Å². The highest BCUT2D eigenvalue weighted by Crippen LogP contribution is 2.25. The summed E-state index contributed by atoms with van der Waals surface area (Å²) in [4.78, 5) is 1.52. The summed E-state index contributed by atoms with van der Waals surface area (Å²) in [6.45, 7) is 2.63. The molecule has 20 heavy (non-hydrogen) atoms. The standard InChI is InChI=1S/C12H16F2N2O3S/c13-10-7-9(20(15,17)18)8-11(14)12(10)19-6-5-16-3-1-2-4-16/h7-8H,1-6H2,(H2,15,17,18). The minimum Gasteiger partial charge on any atom is -0.486 e. The van der Waals surface area contributed by atoms with E-state index in [1.165, 1.54) is 0 Å². The molecule has 1 aliphatic rings. The van der Waals surface area contributed by atoms with E-state index in [1.54, 1.807) is 0 Å². The molecule has 0 aromatic heterocycles. The zero-order valence-corrected chi connectivity index (χ0v) is 11.6. The number of sulfonamides is 1. The third-order valence-corrected chi connectivity index (χ3v) is 4.05. The molecule has 1 saturated heterocycles. The maximum absolute atomic E-state index is 13.6. The third-order valence-electron chi connectivity index (χ3n) is 3.15. The summed E-state index contributed by atoms with van der Waals surface area (Å²) in [6, 6.07) is 1.31. The van der Waals surface area contributed by atoms with Crippen LogP contribution >= 0.6 is 0 Å². The topological polar surface area (TPSA) is 72.6 Å². The average molecular weight is 306 g/mol. The van der Waals surface area contributed by atoms with Gasteiger partial charge in [0.05, 0.1) is 4.90 Å². The molecule has 0 unspecified atom stereocenters. The van der Waals surface area contributed by atoms with Crippen LogP contribution in [0.2, 0.25) is 0 Å². The Morgan fingerprint density at radius 1 is 1.20 bits per heavy atom. The first-order chi connectivity index (χ1) is 9.38. The molecular formula is C12H16F2N2O3S. The Morgan fingerprint density at radius 3 is 2.25 bits per heavy atom. The number of likely N-dealkylation sites (tertiary alicyclic amines) is 1. The van der Waals surface area contributed by atoms with Gasteiger partial charge in [0.1, 0.15) is 6.61 Å². The van der Waals surface area contributed by atoms with Gasteiger partial charge in [-0.25, -0.2) is 22.3 Å². The number of benzene rings is 1. The zero-order valence-electron chi connectivity index (χ0n) is 10.8. The fourth-order valence-electron chi connectivity index (χ4n) is 2.12. The Labute approximate surface area is 116 Å². The Kier molecular flexibility index (Phi) is 4.56. The van der Waals surface area contributed by atoms with Gasteiger partial charge in [0.15, 0.2) is 17.4 Å². The molecule has 0 bridgehead atoms. The van der Waals surface area contributed by atoms with E-state index in [2.05, 4.69) is 4.90 Å². The van der Waals surface area contributed by atoms with Crippen LogP contribution in [0.1, 0.15) is 12.8 Å². The van der Waals surface area contributed by atoms with Crippen molar-refractivity contribution in [3.8, 4) is 5.75 Å². The van der Waals surface area contributed by atoms with E-state index in [0.717, 1.165) is 25.9 Å². The van der Waals surface area contributed by atoms with E-state index in [9.17, 15) is 17.2 Å². The summed E-state index contributed by atoms with van der Waals surface area (Å²) in [5.41, 5.74) is 0. The third kappa shape index (κ3) is 3.65. The van der Waals surface area contributed by atoms with Gasteiger partial charge in [-0.05, 0) is 38.1 Å². The summed E-state index contributed by atoms with van der Waals surface area (Å²) >= 11 is 0. The fraction of sp³-hybridized carbons (Fsp3) is 0.500. The summed E-state index contributed by atoms with van der Waals surface area (Å²) in [5.74, 6) is -2.72. The summed E-state index contributed by atoms with van der Waals surface area (Å²) in [5, 5.41) is 4.82. The molecular weight excluding hydrogens is 290 g/mol. The molecule has 0 spiro atoms. The highest BCUT2D eigenvalue weighted by molar-refractivity contribution is 7.89. The van der Waals surface area contributed by atoms with Gasteiger partial charge in [0, 0.05) is 6.54 Å². The van der Waals surface area contributed by atoms with Crippen molar-refractivity contribution in [1.29, 1.82) is 0 Å². The SMILES string of the molecule is NS(=O)(=O)c1cc(F)c(OCCN2CCCC2)c(F)c1. The second-order valence-electron chi connectivity index (χ2n) is 4.66. The van der Waals surface area contributed by atoms with E-state index < -0.39 is 32.3 Å². The van der Waals surface area contributed by atoms with Crippen LogP contribution in [-0.4, -0.2) is 39.6 Å². The maximum atomic E-state index is 13.6. The molecule has 0 radical (unpaired) electrons. The molecule has 2 rings (SSSR count). The van der Waals surface area contributed by atoms with Gasteiger partial charge in [-0.2, -0.15) is 0 Å². The van der Waals surface area contributed by atoms with Crippen LogP contribution in [0.15, 0.2) is 17.0 Å². The second kappa shape index (κ2) is 6.02. The van der Waals surface area contributed by atoms with Crippen LogP contribution in [0, 0.1) is 11.6 Å². The van der Waals surface area contributed by atoms with Crippen molar-refractivity contribution in [1.82, 2.24) is 4.90 Å². The minimum atomic E-state index is -4.14. The van der Waals surface area contributed by atoms with Gasteiger partial charge >= 0.3 is 0 Å². The Morgan fingerprint density at radius 2 is 1.75 bits per heavy atom. The minimum absolute atomic E-state index is 0.141. The Balaban J connectivity index is 2.04. The first-order valence-electron chi connectivity index (χ1n) is 6.25. The molecule has 0 saturated carbocycles. The quantitative estimate of drug-likeness (QED) is 0.884. The molecule has 0 amide bonds. The number of primary sulfonamides is 1. The zero-order chi connectivity index (χ0) is 14.8. The highest BCUT2D eigenvalue weighted by atomic mass is 32.2. The number of halogens is 2. The Hall–Kier alpha value is -1.25. The van der Waals surface area contributed by atoms with Crippen LogP contribution in [0.5, 0.6) is 5.75 Å². The number of rotatable bonds is 5. The smallest absolute Gasteiger partial charge is 0.238 e. The van der Waals surface area contributed by atoms with Gasteiger partial charge in [-0.15, -0.1) is 0 Å². The van der Waals surface area contributed by atoms with Crippen LogP contribution in [-0.2, 0) is 10.0 Å². The van der Waals surface area contributed by atoms with Crippen molar-refractivity contribution in [2.45, 2.75) is 17.7 Å². The first-order valence-corrected chi connectivity index (χ1v) is 7.79. The first kappa shape index (κ1) is 15.1. The van der Waals surface area contributed by atoms with E-state index >= 15 is 0 Å². The van der Waals surface area contributed by atoms with E-state index in [1.807, 2.05) is 0 Å². The van der Waals surface area contributed by atoms with Gasteiger partial charge in [-0.1, -0.05) is 0 Å². The van der Waals surface area contributed by atoms with Gasteiger partial charge in [0.2, 0.25) is 10.0 Å². The lowest BCUT2D eigenvalue weighted by Crippen LogP contribution is -2.25. The summed E-state index contributed by atoms with van der Waals surface area (Å²) < 4.78 is 54.4. The van der Waals surface area contributed by atoms with Crippen molar-refractivity contribution in [2.75, 3.05) is 26.2 Å². The number of ether oxygens (including phenoxy) is 1. The van der Waals surface area contributed by atoms with E-state index in [4.69, 9.17) is 9.88 Å². The molecule has 1 heterocycles. The molecule has 1 fully saturated rings. The fourth-order valence-corrected chi connectivity index (χ4v) is 2.66. The number of hydrogen-bond donors (Lipinski definition) is 1. The lowest BCUT2D eigenvalue weighted by Gasteiger charge is -2.15. The molecule has 112 valence electrons. The van der Waals surface area contributed by atoms with Crippen molar-refractivity contribution in [3.05, 3.63) is 23.8 Å². The Bertz CT molecular complexity index is 563. The summed E-state index contributed by atoms with van der Waals surface area (Å²) in [7, 11) is -4.14. The molecule has 1 aromatic carbocycles. The number of nitrogens with two attached hydrogens (primary N) is 1. The van der Waals surface area contributed by atoms with Crippen LogP contribution in [0.3, 0.4) is 0 Å². The molecule has 0 atom stereocenters. The van der Waals surface area contributed by atoms with Gasteiger partial charge in [-0.3, -0.25) is 4.90 Å². The average Bonchev–Trinajstić information content (AvgIpc) is 2.84. The van der Waals surface area contributed by atoms with Crippen LogP contribution in [0.4, 0.5) is 8.78 Å². The molecule has 0 aliphatic carbocycles. The van der Waals surface area contributed by atoms with Gasteiger partial charge in [0.25, 0.3) is 0 Å². The largest absolute Gasteiger partial charge is 0.486 e. The molecule has 8 heteroatoms. The van der Waals surface area contributed by atoms with Gasteiger partial charge < -0.3 is 4.74 Å². The molecule has 1 aliphatic heterocycles. The van der Waals surface area contributed by atoms with Crippen molar-refractivity contribution < 1.29 is 21.9 Å². The van der Waals surface area contributed by atoms with Crippen molar-refractivity contribution >= 4 is 10.0 Å². The molecule has 2 N–H and O–H groups in total. The van der Waals surface area contributed by atoms with E-state index in [-0.39, 0.29) is 6.61 Å². The van der Waals surface area contributed by atoms with Crippen molar-refractivity contribution in [3.63, 3.8) is 0 Å². The highest BCUT2D eigenvalue weighted by Gasteiger charge is 2.18. The lowest BCUT2D eigenvalue weighted by atomic mass is 10.3. The van der Waals surface area contributed by atoms with Crippen LogP contribution < -0.4 is 9.88 Å². The maximum Gasteiger partial charge on any atom is 0.238 e. The molecule has 1 aromatic rings. The lowest BCUT2D eigenvalue weighted by molar-refractivity contribution is 0.223. The van der Waals surface area contributed by atoms with E-state index in [0.29, 0.717) is 18.7 Å². The molecule has 5 nitrogen and oxygen atoms in total. The second-order valence-corrected chi connectivity index (χ2v) is 6.22. The summed E-state index contributed by atoms with van der Waals surface area (Å²) in [6.07, 6.45) is 2.23.